The molecule has 3 nitrogen and oxygen atoms in total. The molecule has 3 heteroatoms. The van der Waals surface area contributed by atoms with E-state index in [0.29, 0.717) is 6.04 Å². The van der Waals surface area contributed by atoms with E-state index >= 15 is 0 Å². The molecule has 1 aliphatic carbocycles. The molecule has 0 aromatic heterocycles. The molecular formula is C17H26N2O. The van der Waals surface area contributed by atoms with Gasteiger partial charge in [0, 0.05) is 32.2 Å². The fourth-order valence-electron chi connectivity index (χ4n) is 2.99. The number of likely N-dealkylation sites (tertiary alicyclic amines) is 1. The topological polar surface area (TPSA) is 35.5 Å². The van der Waals surface area contributed by atoms with Gasteiger partial charge in [-0.05, 0) is 38.2 Å². The van der Waals surface area contributed by atoms with E-state index in [-0.39, 0.29) is 0 Å². The summed E-state index contributed by atoms with van der Waals surface area (Å²) < 4.78 is 0. The largest absolute Gasteiger partial charge is 0.388 e. The summed E-state index contributed by atoms with van der Waals surface area (Å²) in [6.07, 6.45) is 4.35. The van der Waals surface area contributed by atoms with E-state index in [1.807, 2.05) is 0 Å². The molecule has 2 N–H and O–H groups in total. The summed E-state index contributed by atoms with van der Waals surface area (Å²) in [6, 6.07) is 9.41. The van der Waals surface area contributed by atoms with Crippen LogP contribution in [-0.4, -0.2) is 41.3 Å². The molecule has 2 aliphatic rings. The lowest BCUT2D eigenvalue weighted by Gasteiger charge is -2.38. The molecule has 0 atom stereocenters. The Kier molecular flexibility index (Phi) is 4.11. The lowest BCUT2D eigenvalue weighted by Crippen LogP contribution is -2.50. The molecule has 110 valence electrons. The third-order valence-electron chi connectivity index (χ3n) is 4.57. The highest BCUT2D eigenvalue weighted by molar-refractivity contribution is 5.22. The molecular weight excluding hydrogens is 248 g/mol. The van der Waals surface area contributed by atoms with E-state index in [9.17, 15) is 5.11 Å². The number of aliphatic hydroxyl groups is 1. The average Bonchev–Trinajstić information content (AvgIpc) is 3.24. The Balaban J connectivity index is 1.47. The van der Waals surface area contributed by atoms with Gasteiger partial charge in [-0.15, -0.1) is 0 Å². The number of piperidine rings is 1. The van der Waals surface area contributed by atoms with Gasteiger partial charge in [-0.3, -0.25) is 4.90 Å². The predicted octanol–water partition coefficient (Wildman–Crippen LogP) is 2.07. The zero-order valence-corrected chi connectivity index (χ0v) is 12.4. The normalized spacial score (nSPS) is 22.9. The summed E-state index contributed by atoms with van der Waals surface area (Å²) in [5, 5.41) is 14.1. The van der Waals surface area contributed by atoms with Gasteiger partial charge in [-0.1, -0.05) is 29.8 Å². The third-order valence-corrected chi connectivity index (χ3v) is 4.57. The fourth-order valence-corrected chi connectivity index (χ4v) is 2.99. The highest BCUT2D eigenvalue weighted by Crippen LogP contribution is 2.25. The number of benzene rings is 1. The first-order valence-electron chi connectivity index (χ1n) is 7.87. The first kappa shape index (κ1) is 14.1. The monoisotopic (exact) mass is 274 g/mol. The number of aryl methyl sites for hydroxylation is 1. The zero-order valence-electron chi connectivity index (χ0n) is 12.4. The quantitative estimate of drug-likeness (QED) is 0.863. The van der Waals surface area contributed by atoms with Crippen molar-refractivity contribution in [2.45, 2.75) is 50.8 Å². The van der Waals surface area contributed by atoms with Crippen molar-refractivity contribution in [2.24, 2.45) is 0 Å². The van der Waals surface area contributed by atoms with E-state index in [1.54, 1.807) is 0 Å². The standard InChI is InChI=1S/C17H26N2O/c1-14-3-2-4-15(11-14)12-19-9-7-17(20,8-10-19)13-18-16-5-6-16/h2-4,11,16,18,20H,5-10,12-13H2,1H3. The summed E-state index contributed by atoms with van der Waals surface area (Å²) >= 11 is 0. The van der Waals surface area contributed by atoms with Crippen LogP contribution in [0.5, 0.6) is 0 Å². The zero-order chi connectivity index (χ0) is 14.0. The van der Waals surface area contributed by atoms with Crippen LogP contribution < -0.4 is 5.32 Å². The van der Waals surface area contributed by atoms with Crippen LogP contribution in [0.15, 0.2) is 24.3 Å². The second kappa shape index (κ2) is 5.84. The summed E-state index contributed by atoms with van der Waals surface area (Å²) in [5.41, 5.74) is 2.22. The molecule has 20 heavy (non-hydrogen) atoms. The van der Waals surface area contributed by atoms with Gasteiger partial charge >= 0.3 is 0 Å². The van der Waals surface area contributed by atoms with Gasteiger partial charge in [0.05, 0.1) is 5.60 Å². The van der Waals surface area contributed by atoms with E-state index in [2.05, 4.69) is 41.4 Å². The molecule has 0 amide bonds. The molecule has 0 radical (unpaired) electrons. The smallest absolute Gasteiger partial charge is 0.0796 e. The van der Waals surface area contributed by atoms with Crippen molar-refractivity contribution in [2.75, 3.05) is 19.6 Å². The number of nitrogens with zero attached hydrogens (tertiary/aromatic N) is 1. The Morgan fingerprint density at radius 3 is 2.70 bits per heavy atom. The maximum atomic E-state index is 10.6. The molecule has 3 rings (SSSR count). The Hall–Kier alpha value is -0.900. The van der Waals surface area contributed by atoms with Crippen molar-refractivity contribution in [1.29, 1.82) is 0 Å². The van der Waals surface area contributed by atoms with Gasteiger partial charge in [0.25, 0.3) is 0 Å². The van der Waals surface area contributed by atoms with Gasteiger partial charge in [0.2, 0.25) is 0 Å². The summed E-state index contributed by atoms with van der Waals surface area (Å²) in [6.45, 7) is 5.92. The summed E-state index contributed by atoms with van der Waals surface area (Å²) in [5.74, 6) is 0. The molecule has 1 heterocycles. The van der Waals surface area contributed by atoms with Crippen LogP contribution in [0.1, 0.15) is 36.8 Å². The van der Waals surface area contributed by atoms with E-state index in [1.165, 1.54) is 24.0 Å². The molecule has 0 spiro atoms. The lowest BCUT2D eigenvalue weighted by atomic mass is 9.91. The van der Waals surface area contributed by atoms with Gasteiger partial charge in [-0.2, -0.15) is 0 Å². The lowest BCUT2D eigenvalue weighted by molar-refractivity contribution is -0.0219. The van der Waals surface area contributed by atoms with Crippen LogP contribution in [0, 0.1) is 6.92 Å². The summed E-state index contributed by atoms with van der Waals surface area (Å²) in [7, 11) is 0. The highest BCUT2D eigenvalue weighted by Gasteiger charge is 2.33. The SMILES string of the molecule is Cc1cccc(CN2CCC(O)(CNC3CC3)CC2)c1. The number of rotatable bonds is 5. The molecule has 1 aromatic rings. The molecule has 0 bridgehead atoms. The van der Waals surface area contributed by atoms with Crippen LogP contribution in [0.25, 0.3) is 0 Å². The molecule has 2 fully saturated rings. The van der Waals surface area contributed by atoms with Crippen molar-refractivity contribution in [3.63, 3.8) is 0 Å². The molecule has 1 aromatic carbocycles. The maximum Gasteiger partial charge on any atom is 0.0796 e. The minimum Gasteiger partial charge on any atom is -0.388 e. The molecule has 1 aliphatic heterocycles. The Morgan fingerprint density at radius 2 is 2.05 bits per heavy atom. The second-order valence-corrected chi connectivity index (χ2v) is 6.64. The Morgan fingerprint density at radius 1 is 1.30 bits per heavy atom. The molecule has 1 saturated carbocycles. The Labute approximate surface area is 122 Å². The summed E-state index contributed by atoms with van der Waals surface area (Å²) in [4.78, 5) is 2.46. The Bertz CT molecular complexity index is 448. The van der Waals surface area contributed by atoms with Crippen molar-refractivity contribution >= 4 is 0 Å². The van der Waals surface area contributed by atoms with Crippen LogP contribution >= 0.6 is 0 Å². The van der Waals surface area contributed by atoms with Crippen LogP contribution in [-0.2, 0) is 6.54 Å². The minimum absolute atomic E-state index is 0.480. The maximum absolute atomic E-state index is 10.6. The number of hydrogen-bond donors (Lipinski definition) is 2. The van der Waals surface area contributed by atoms with Crippen LogP contribution in [0.3, 0.4) is 0 Å². The third kappa shape index (κ3) is 3.81. The predicted molar refractivity (Wildman–Crippen MR) is 81.7 cm³/mol. The number of nitrogens with one attached hydrogen (secondary N) is 1. The van der Waals surface area contributed by atoms with E-state index < -0.39 is 5.60 Å². The van der Waals surface area contributed by atoms with Crippen LogP contribution in [0.4, 0.5) is 0 Å². The van der Waals surface area contributed by atoms with Crippen molar-refractivity contribution in [1.82, 2.24) is 10.2 Å². The van der Waals surface area contributed by atoms with Gasteiger partial charge in [0.15, 0.2) is 0 Å². The van der Waals surface area contributed by atoms with E-state index in [0.717, 1.165) is 39.0 Å². The molecule has 0 unspecified atom stereocenters. The first-order valence-corrected chi connectivity index (χ1v) is 7.87. The van der Waals surface area contributed by atoms with Crippen molar-refractivity contribution < 1.29 is 5.11 Å². The first-order chi connectivity index (χ1) is 9.63. The second-order valence-electron chi connectivity index (χ2n) is 6.64. The molecule has 1 saturated heterocycles. The minimum atomic E-state index is -0.480. The van der Waals surface area contributed by atoms with Gasteiger partial charge in [-0.25, -0.2) is 0 Å². The van der Waals surface area contributed by atoms with E-state index in [4.69, 9.17) is 0 Å². The van der Waals surface area contributed by atoms with Gasteiger partial charge in [0.1, 0.15) is 0 Å². The van der Waals surface area contributed by atoms with Crippen molar-refractivity contribution in [3.05, 3.63) is 35.4 Å². The average molecular weight is 274 g/mol. The number of hydrogen-bond acceptors (Lipinski definition) is 3. The van der Waals surface area contributed by atoms with Gasteiger partial charge < -0.3 is 10.4 Å². The fraction of sp³-hybridized carbons (Fsp3) is 0.647. The van der Waals surface area contributed by atoms with Crippen LogP contribution in [0.2, 0.25) is 0 Å². The van der Waals surface area contributed by atoms with Crippen molar-refractivity contribution in [3.8, 4) is 0 Å². The highest BCUT2D eigenvalue weighted by atomic mass is 16.3.